The Kier molecular flexibility index (Phi) is 11.6. The van der Waals surface area contributed by atoms with E-state index in [2.05, 4.69) is 4.90 Å². The number of hydrogen-bond acceptors (Lipinski definition) is 9. The van der Waals surface area contributed by atoms with Crippen molar-refractivity contribution in [1.82, 2.24) is 9.80 Å². The molecule has 0 aromatic heterocycles. The third-order valence-corrected chi connectivity index (χ3v) is 8.26. The summed E-state index contributed by atoms with van der Waals surface area (Å²) in [6.45, 7) is 5.96. The lowest BCUT2D eigenvalue weighted by molar-refractivity contribution is -0.385. The minimum Gasteiger partial charge on any atom is -0.497 e. The summed E-state index contributed by atoms with van der Waals surface area (Å²) in [7, 11) is 3.26. The van der Waals surface area contributed by atoms with Crippen LogP contribution in [0.25, 0.3) is 0 Å². The van der Waals surface area contributed by atoms with Crippen molar-refractivity contribution in [3.63, 3.8) is 0 Å². The molecule has 6 rings (SSSR count). The van der Waals surface area contributed by atoms with E-state index in [1.165, 1.54) is 6.07 Å². The van der Waals surface area contributed by atoms with Crippen LogP contribution in [0.3, 0.4) is 0 Å². The van der Waals surface area contributed by atoms with Gasteiger partial charge in [-0.15, -0.1) is 0 Å². The number of nitro groups is 2. The summed E-state index contributed by atoms with van der Waals surface area (Å²) < 4.78 is 47.2. The van der Waals surface area contributed by atoms with Crippen LogP contribution in [0.1, 0.15) is 38.9 Å². The number of rotatable bonds is 6. The van der Waals surface area contributed by atoms with E-state index in [1.54, 1.807) is 56.7 Å². The monoisotopic (exact) mass is 695 g/mol. The molecule has 0 unspecified atom stereocenters. The largest absolute Gasteiger partial charge is 0.497 e. The minimum atomic E-state index is -4.81. The zero-order valence-corrected chi connectivity index (χ0v) is 27.8. The fraction of sp³-hybridized carbons (Fsp3) is 0.286. The van der Waals surface area contributed by atoms with E-state index in [0.29, 0.717) is 23.4 Å². The highest BCUT2D eigenvalue weighted by molar-refractivity contribution is 5.82. The Morgan fingerprint density at radius 3 is 1.96 bits per heavy atom. The number of halogens is 3. The molecule has 15 heteroatoms. The zero-order chi connectivity index (χ0) is 36.7. The van der Waals surface area contributed by atoms with Crippen molar-refractivity contribution in [2.45, 2.75) is 52.7 Å². The van der Waals surface area contributed by atoms with Crippen molar-refractivity contribution in [3.05, 3.63) is 132 Å². The predicted octanol–water partition coefficient (Wildman–Crippen LogP) is 7.01. The molecule has 50 heavy (non-hydrogen) atoms. The fourth-order valence-corrected chi connectivity index (χ4v) is 5.48. The number of benzene rings is 4. The van der Waals surface area contributed by atoms with Crippen LogP contribution in [-0.2, 0) is 37.5 Å². The normalized spacial score (nSPS) is 13.2. The number of nitrogens with zero attached hydrogens (tertiary/aromatic N) is 4. The quantitative estimate of drug-likeness (QED) is 0.127. The Balaban J connectivity index is 0.000000181. The first kappa shape index (κ1) is 37.1. The van der Waals surface area contributed by atoms with Crippen molar-refractivity contribution < 1.29 is 37.3 Å². The number of hydrogen-bond donors (Lipinski definition) is 1. The van der Waals surface area contributed by atoms with Gasteiger partial charge in [0.2, 0.25) is 0 Å². The van der Waals surface area contributed by atoms with E-state index in [9.17, 15) is 38.2 Å². The van der Waals surface area contributed by atoms with Gasteiger partial charge in [0.1, 0.15) is 11.5 Å². The van der Waals surface area contributed by atoms with Crippen LogP contribution in [0, 0.1) is 34.1 Å². The topological polar surface area (TPSA) is 154 Å². The van der Waals surface area contributed by atoms with E-state index in [1.807, 2.05) is 38.1 Å². The summed E-state index contributed by atoms with van der Waals surface area (Å²) in [4.78, 5) is 34.4. The van der Waals surface area contributed by atoms with E-state index in [-0.39, 0.29) is 34.3 Å². The maximum atomic E-state index is 12.2. The first-order valence-corrected chi connectivity index (χ1v) is 15.2. The molecular formula is C35H36F3N5O7. The van der Waals surface area contributed by atoms with Gasteiger partial charge in [-0.3, -0.25) is 29.9 Å². The molecule has 2 aliphatic heterocycles. The lowest BCUT2D eigenvalue weighted by Gasteiger charge is -2.17. The Labute approximate surface area is 286 Å². The molecule has 4 aromatic rings. The van der Waals surface area contributed by atoms with Crippen LogP contribution in [-0.4, -0.2) is 45.9 Å². The third kappa shape index (κ3) is 9.25. The van der Waals surface area contributed by atoms with Crippen LogP contribution in [0.2, 0.25) is 0 Å². The van der Waals surface area contributed by atoms with Gasteiger partial charge in [-0.25, -0.2) is 0 Å². The Hall–Kier alpha value is -5.70. The Morgan fingerprint density at radius 2 is 1.34 bits per heavy atom. The van der Waals surface area contributed by atoms with Crippen LogP contribution in [0.15, 0.2) is 72.8 Å². The lowest BCUT2D eigenvalue weighted by Crippen LogP contribution is -2.37. The SMILES string of the molecule is COc1ccc(CN2Cc3ccc([N+](=O)[O-])cc3C2)c(OC)c1.Cc1ccc([N+](=O)[O-])cc1C.Nc1ccc2c(c1)CN(C(=O)C(F)(F)F)C2. The molecule has 0 aliphatic carbocycles. The molecular weight excluding hydrogens is 659 g/mol. The van der Waals surface area contributed by atoms with E-state index < -0.39 is 12.1 Å². The third-order valence-electron chi connectivity index (χ3n) is 8.26. The number of aryl methyl sites for hydroxylation is 2. The van der Waals surface area contributed by atoms with Crippen LogP contribution in [0.4, 0.5) is 30.2 Å². The standard InChI is InChI=1S/C17H18N2O4.C10H9F3N2O.C8H9NO2/c1-22-16-6-4-13(17(8-16)23-2)10-18-9-12-3-5-15(19(20)21)7-14(12)11-18;11-10(12,13)9(16)15-4-6-1-2-8(14)3-7(6)5-15;1-6-3-4-8(9(10)11)5-7(6)2/h3-8H,9-11H2,1-2H3;1-3H,4-5,14H2;3-5H,1-2H3. The number of carbonyl (C=O) groups is 1. The molecule has 1 amide bonds. The van der Waals surface area contributed by atoms with Crippen molar-refractivity contribution >= 4 is 23.0 Å². The number of methoxy groups -OCH3 is 2. The summed E-state index contributed by atoms with van der Waals surface area (Å²) in [6.07, 6.45) is -4.81. The maximum Gasteiger partial charge on any atom is 0.471 e. The summed E-state index contributed by atoms with van der Waals surface area (Å²) in [6, 6.07) is 20.5. The first-order chi connectivity index (χ1) is 23.6. The number of carbonyl (C=O) groups excluding carboxylic acids is 1. The molecule has 0 saturated heterocycles. The van der Waals surface area contributed by atoms with Gasteiger partial charge < -0.3 is 20.1 Å². The second-order valence-corrected chi connectivity index (χ2v) is 11.7. The highest BCUT2D eigenvalue weighted by Gasteiger charge is 2.44. The van der Waals surface area contributed by atoms with Crippen LogP contribution < -0.4 is 15.2 Å². The average Bonchev–Trinajstić information content (AvgIpc) is 3.68. The van der Waals surface area contributed by atoms with Gasteiger partial charge in [0.05, 0.1) is 24.1 Å². The van der Waals surface area contributed by atoms with Gasteiger partial charge in [0, 0.05) is 74.3 Å². The molecule has 2 N–H and O–H groups in total. The molecule has 2 heterocycles. The lowest BCUT2D eigenvalue weighted by atomic mass is 10.1. The highest BCUT2D eigenvalue weighted by Crippen LogP contribution is 2.32. The number of non-ortho nitro benzene ring substituents is 2. The highest BCUT2D eigenvalue weighted by atomic mass is 19.4. The number of amides is 1. The van der Waals surface area contributed by atoms with Crippen molar-refractivity contribution in [2.75, 3.05) is 20.0 Å². The first-order valence-electron chi connectivity index (χ1n) is 15.2. The smallest absolute Gasteiger partial charge is 0.471 e. The number of fused-ring (bicyclic) bond motifs is 2. The Morgan fingerprint density at radius 1 is 0.760 bits per heavy atom. The van der Waals surface area contributed by atoms with Gasteiger partial charge >= 0.3 is 12.1 Å². The van der Waals surface area contributed by atoms with Gasteiger partial charge in [0.15, 0.2) is 0 Å². The molecule has 0 fully saturated rings. The fourth-order valence-electron chi connectivity index (χ4n) is 5.48. The summed E-state index contributed by atoms with van der Waals surface area (Å²) >= 11 is 0. The van der Waals surface area contributed by atoms with Gasteiger partial charge in [0.25, 0.3) is 11.4 Å². The van der Waals surface area contributed by atoms with Crippen molar-refractivity contribution in [3.8, 4) is 11.5 Å². The maximum absolute atomic E-state index is 12.2. The van der Waals surface area contributed by atoms with Crippen LogP contribution in [0.5, 0.6) is 11.5 Å². The second-order valence-electron chi connectivity index (χ2n) is 11.7. The summed E-state index contributed by atoms with van der Waals surface area (Å²) in [5.41, 5.74) is 13.0. The average molecular weight is 696 g/mol. The molecule has 0 bridgehead atoms. The molecule has 4 aromatic carbocycles. The van der Waals surface area contributed by atoms with Crippen molar-refractivity contribution in [1.29, 1.82) is 0 Å². The zero-order valence-electron chi connectivity index (χ0n) is 27.8. The van der Waals surface area contributed by atoms with E-state index in [0.717, 1.165) is 57.3 Å². The number of alkyl halides is 3. The number of anilines is 1. The summed E-state index contributed by atoms with van der Waals surface area (Å²) in [5, 5.41) is 21.2. The van der Waals surface area contributed by atoms with Gasteiger partial charge in [-0.2, -0.15) is 13.2 Å². The van der Waals surface area contributed by atoms with E-state index in [4.69, 9.17) is 15.2 Å². The van der Waals surface area contributed by atoms with Crippen molar-refractivity contribution in [2.24, 2.45) is 0 Å². The molecule has 0 spiro atoms. The summed E-state index contributed by atoms with van der Waals surface area (Å²) in [5.74, 6) is -0.264. The number of ether oxygens (including phenoxy) is 2. The molecule has 0 saturated carbocycles. The van der Waals surface area contributed by atoms with Gasteiger partial charge in [-0.1, -0.05) is 24.3 Å². The minimum absolute atomic E-state index is 0.00600. The van der Waals surface area contributed by atoms with E-state index >= 15 is 0 Å². The molecule has 264 valence electrons. The molecule has 0 atom stereocenters. The van der Waals surface area contributed by atoms with Crippen LogP contribution >= 0.6 is 0 Å². The molecule has 0 radical (unpaired) electrons. The molecule has 12 nitrogen and oxygen atoms in total. The number of nitrogen functional groups attached to an aromatic ring is 1. The predicted molar refractivity (Wildman–Crippen MR) is 179 cm³/mol. The van der Waals surface area contributed by atoms with Gasteiger partial charge in [-0.05, 0) is 65.4 Å². The number of nitrogens with two attached hydrogens (primary N) is 1. The second kappa shape index (κ2) is 15.7. The number of nitro benzene ring substituents is 2. The molecule has 2 aliphatic rings. The Bertz CT molecular complexity index is 1900.